The molecule has 7 unspecified atom stereocenters. The lowest BCUT2D eigenvalue weighted by atomic mass is 9.99. The van der Waals surface area contributed by atoms with E-state index in [1.807, 2.05) is 6.08 Å². The zero-order valence-electron chi connectivity index (χ0n) is 35.9. The summed E-state index contributed by atoms with van der Waals surface area (Å²) in [6, 6.07) is -0.821. The fourth-order valence-corrected chi connectivity index (χ4v) is 7.17. The van der Waals surface area contributed by atoms with E-state index in [4.69, 9.17) is 9.47 Å². The van der Waals surface area contributed by atoms with E-state index in [9.17, 15) is 30.3 Å². The Bertz CT molecular complexity index is 972. The molecule has 9 heteroatoms. The summed E-state index contributed by atoms with van der Waals surface area (Å²) < 4.78 is 11.2. The first-order valence-electron chi connectivity index (χ1n) is 23.2. The third-order valence-corrected chi connectivity index (χ3v) is 10.9. The lowest BCUT2D eigenvalue weighted by Crippen LogP contribution is -2.60. The highest BCUT2D eigenvalue weighted by Gasteiger charge is 2.44. The highest BCUT2D eigenvalue weighted by Crippen LogP contribution is 2.22. The van der Waals surface area contributed by atoms with Crippen molar-refractivity contribution in [2.24, 2.45) is 0 Å². The fraction of sp³-hybridized carbons (Fsp3) is 0.851. The molecule has 56 heavy (non-hydrogen) atoms. The number of rotatable bonds is 38. The van der Waals surface area contributed by atoms with E-state index >= 15 is 0 Å². The van der Waals surface area contributed by atoms with E-state index in [0.29, 0.717) is 6.42 Å². The molecule has 0 aliphatic carbocycles. The number of amides is 1. The molecule has 9 nitrogen and oxygen atoms in total. The molecule has 1 fully saturated rings. The number of carbonyl (C=O) groups excluding carboxylic acids is 1. The predicted octanol–water partition coefficient (Wildman–Crippen LogP) is 9.67. The van der Waals surface area contributed by atoms with Crippen molar-refractivity contribution in [1.82, 2.24) is 5.32 Å². The topological polar surface area (TPSA) is 149 Å². The van der Waals surface area contributed by atoms with E-state index in [1.165, 1.54) is 128 Å². The van der Waals surface area contributed by atoms with Gasteiger partial charge in [0, 0.05) is 6.42 Å². The van der Waals surface area contributed by atoms with Gasteiger partial charge in [0.05, 0.1) is 25.4 Å². The summed E-state index contributed by atoms with van der Waals surface area (Å²) in [6.07, 6.45) is 39.1. The van der Waals surface area contributed by atoms with Gasteiger partial charge in [-0.15, -0.1) is 0 Å². The predicted molar refractivity (Wildman–Crippen MR) is 230 cm³/mol. The summed E-state index contributed by atoms with van der Waals surface area (Å²) in [4.78, 5) is 12.9. The molecule has 0 bridgehead atoms. The van der Waals surface area contributed by atoms with Crippen molar-refractivity contribution in [3.63, 3.8) is 0 Å². The third kappa shape index (κ3) is 27.9. The first kappa shape index (κ1) is 52.4. The lowest BCUT2D eigenvalue weighted by molar-refractivity contribution is -0.302. The molecule has 0 radical (unpaired) electrons. The van der Waals surface area contributed by atoms with Crippen molar-refractivity contribution in [2.75, 3.05) is 13.2 Å². The van der Waals surface area contributed by atoms with Crippen LogP contribution in [0.5, 0.6) is 0 Å². The van der Waals surface area contributed by atoms with Gasteiger partial charge in [-0.2, -0.15) is 0 Å². The van der Waals surface area contributed by atoms with Crippen molar-refractivity contribution < 1.29 is 39.8 Å². The smallest absolute Gasteiger partial charge is 0.220 e. The minimum Gasteiger partial charge on any atom is -0.394 e. The van der Waals surface area contributed by atoms with Gasteiger partial charge >= 0.3 is 0 Å². The molecule has 0 saturated carbocycles. The summed E-state index contributed by atoms with van der Waals surface area (Å²) in [7, 11) is 0. The van der Waals surface area contributed by atoms with Gasteiger partial charge in [0.2, 0.25) is 5.91 Å². The summed E-state index contributed by atoms with van der Waals surface area (Å²) in [5.41, 5.74) is 0. The average molecular weight is 794 g/mol. The number of allylic oxidation sites excluding steroid dienone is 5. The number of aliphatic hydroxyl groups is 5. The van der Waals surface area contributed by atoms with Crippen LogP contribution in [0, 0.1) is 0 Å². The van der Waals surface area contributed by atoms with Crippen LogP contribution in [0.15, 0.2) is 36.5 Å². The van der Waals surface area contributed by atoms with Gasteiger partial charge in [-0.1, -0.05) is 172 Å². The molecule has 328 valence electrons. The molecule has 0 aromatic carbocycles. The van der Waals surface area contributed by atoms with Gasteiger partial charge < -0.3 is 40.3 Å². The second kappa shape index (κ2) is 37.7. The van der Waals surface area contributed by atoms with Crippen LogP contribution in [0.4, 0.5) is 0 Å². The van der Waals surface area contributed by atoms with Crippen LogP contribution in [0.25, 0.3) is 0 Å². The Kier molecular flexibility index (Phi) is 35.3. The van der Waals surface area contributed by atoms with Crippen LogP contribution in [0.2, 0.25) is 0 Å². The first-order valence-corrected chi connectivity index (χ1v) is 23.2. The summed E-state index contributed by atoms with van der Waals surface area (Å²) in [5, 5.41) is 54.0. The van der Waals surface area contributed by atoms with Crippen molar-refractivity contribution in [3.8, 4) is 0 Å². The number of hydrogen-bond acceptors (Lipinski definition) is 8. The second-order valence-electron chi connectivity index (χ2n) is 16.2. The van der Waals surface area contributed by atoms with Gasteiger partial charge in [-0.3, -0.25) is 4.79 Å². The van der Waals surface area contributed by atoms with Crippen LogP contribution in [0.1, 0.15) is 200 Å². The van der Waals surface area contributed by atoms with E-state index in [2.05, 4.69) is 43.5 Å². The standard InChI is InChI=1S/C47H87NO8/c1-3-5-7-9-11-13-15-16-17-18-19-20-21-22-23-24-25-27-29-31-33-35-37-43(51)48-40(39-55-47-46(54)45(53)44(52)42(38-49)56-47)41(50)36-34-32-30-28-26-14-12-10-8-6-4-2/h21-22,26,28,34,36,40-42,44-47,49-50,52-54H,3-20,23-25,27,29-33,35,37-39H2,1-2H3,(H,48,51)/b22-21-,28-26+,36-34+. The van der Waals surface area contributed by atoms with Crippen LogP contribution < -0.4 is 5.32 Å². The van der Waals surface area contributed by atoms with Crippen molar-refractivity contribution in [2.45, 2.75) is 243 Å². The Hall–Kier alpha value is -1.59. The van der Waals surface area contributed by atoms with E-state index < -0.39 is 49.5 Å². The Morgan fingerprint density at radius 2 is 1.02 bits per heavy atom. The van der Waals surface area contributed by atoms with E-state index in [0.717, 1.165) is 51.4 Å². The average Bonchev–Trinajstić information content (AvgIpc) is 3.20. The maximum Gasteiger partial charge on any atom is 0.220 e. The number of ether oxygens (including phenoxy) is 2. The number of unbranched alkanes of at least 4 members (excludes halogenated alkanes) is 24. The van der Waals surface area contributed by atoms with Crippen LogP contribution >= 0.6 is 0 Å². The third-order valence-electron chi connectivity index (χ3n) is 10.9. The van der Waals surface area contributed by atoms with Gasteiger partial charge in [-0.05, 0) is 57.8 Å². The first-order chi connectivity index (χ1) is 27.3. The Labute approximate surface area is 342 Å². The minimum atomic E-state index is -1.57. The molecular weight excluding hydrogens is 707 g/mol. The Morgan fingerprint density at radius 1 is 0.589 bits per heavy atom. The van der Waals surface area contributed by atoms with Gasteiger partial charge in [0.1, 0.15) is 24.4 Å². The van der Waals surface area contributed by atoms with Crippen LogP contribution in [0.3, 0.4) is 0 Å². The van der Waals surface area contributed by atoms with Gasteiger partial charge in [0.15, 0.2) is 6.29 Å². The molecule has 7 atom stereocenters. The number of hydrogen-bond donors (Lipinski definition) is 6. The molecular formula is C47H87NO8. The van der Waals surface area contributed by atoms with E-state index in [-0.39, 0.29) is 12.5 Å². The van der Waals surface area contributed by atoms with Gasteiger partial charge in [0.25, 0.3) is 0 Å². The molecule has 1 rings (SSSR count). The molecule has 1 amide bonds. The molecule has 0 spiro atoms. The maximum absolute atomic E-state index is 12.9. The van der Waals surface area contributed by atoms with Crippen molar-refractivity contribution >= 4 is 5.91 Å². The largest absolute Gasteiger partial charge is 0.394 e. The molecule has 1 saturated heterocycles. The highest BCUT2D eigenvalue weighted by atomic mass is 16.7. The van der Waals surface area contributed by atoms with Crippen molar-refractivity contribution in [1.29, 1.82) is 0 Å². The van der Waals surface area contributed by atoms with Crippen molar-refractivity contribution in [3.05, 3.63) is 36.5 Å². The van der Waals surface area contributed by atoms with Crippen LogP contribution in [-0.2, 0) is 14.3 Å². The van der Waals surface area contributed by atoms with Gasteiger partial charge in [-0.25, -0.2) is 0 Å². The van der Waals surface area contributed by atoms with Crippen LogP contribution in [-0.4, -0.2) is 87.5 Å². The molecule has 0 aromatic heterocycles. The lowest BCUT2D eigenvalue weighted by Gasteiger charge is -2.40. The number of carbonyl (C=O) groups is 1. The molecule has 0 aromatic rings. The second-order valence-corrected chi connectivity index (χ2v) is 16.2. The summed E-state index contributed by atoms with van der Waals surface area (Å²) in [5.74, 6) is -0.193. The molecule has 1 aliphatic heterocycles. The quantitative estimate of drug-likeness (QED) is 0.0268. The highest BCUT2D eigenvalue weighted by molar-refractivity contribution is 5.76. The number of aliphatic hydroxyl groups excluding tert-OH is 5. The zero-order chi connectivity index (χ0) is 40.9. The maximum atomic E-state index is 12.9. The zero-order valence-corrected chi connectivity index (χ0v) is 35.9. The minimum absolute atomic E-state index is 0.193. The Morgan fingerprint density at radius 3 is 1.50 bits per heavy atom. The SMILES string of the molecule is CCCCCCC/C=C/CC/C=C/C(O)C(COC1OC(CO)C(O)C(O)C1O)NC(=O)CCCCCCCCC/C=C\CCCCCCCCCCCCC. The Balaban J connectivity index is 2.30. The van der Waals surface area contributed by atoms with E-state index in [1.54, 1.807) is 6.08 Å². The monoisotopic (exact) mass is 794 g/mol. The summed E-state index contributed by atoms with van der Waals surface area (Å²) >= 11 is 0. The molecule has 6 N–H and O–H groups in total. The fourth-order valence-electron chi connectivity index (χ4n) is 7.17. The normalized spacial score (nSPS) is 21.4. The number of nitrogens with one attached hydrogen (secondary N) is 1. The summed E-state index contributed by atoms with van der Waals surface area (Å²) in [6.45, 7) is 3.72. The molecule has 1 aliphatic rings. The molecule has 1 heterocycles.